The third kappa shape index (κ3) is 3.48. The molecule has 4 nitrogen and oxygen atoms in total. The van der Waals surface area contributed by atoms with E-state index in [0.717, 1.165) is 16.9 Å². The minimum absolute atomic E-state index is 0.220. The van der Waals surface area contributed by atoms with Gasteiger partial charge in [0, 0.05) is 11.1 Å². The Bertz CT molecular complexity index is 678. The lowest BCUT2D eigenvalue weighted by molar-refractivity contribution is 0.0954. The molecule has 0 heterocycles. The maximum Gasteiger partial charge on any atom is 0.271 e. The summed E-state index contributed by atoms with van der Waals surface area (Å²) >= 11 is 0. The average Bonchev–Trinajstić information content (AvgIpc) is 2.52. The first-order valence-electron chi connectivity index (χ1n) is 6.67. The second kappa shape index (κ2) is 6.70. The van der Waals surface area contributed by atoms with Crippen LogP contribution < -0.4 is 10.2 Å². The lowest BCUT2D eigenvalue weighted by Gasteiger charge is -2.08. The predicted molar refractivity (Wildman–Crippen MR) is 83.9 cm³/mol. The summed E-state index contributed by atoms with van der Waals surface area (Å²) in [6.45, 7) is 3.72. The van der Waals surface area contributed by atoms with E-state index in [2.05, 4.69) is 10.5 Å². The second-order valence-corrected chi connectivity index (χ2v) is 4.65. The Morgan fingerprint density at radius 1 is 1.05 bits per heavy atom. The Morgan fingerprint density at radius 2 is 1.67 bits per heavy atom. The number of hydrazone groups is 1. The number of nitrogens with one attached hydrogen (secondary N) is 1. The molecule has 0 radical (unpaired) electrons. The van der Waals surface area contributed by atoms with Crippen LogP contribution in [0, 0.1) is 6.92 Å². The van der Waals surface area contributed by atoms with Crippen molar-refractivity contribution >= 4 is 11.6 Å². The van der Waals surface area contributed by atoms with Crippen LogP contribution in [0.2, 0.25) is 0 Å². The Morgan fingerprint density at radius 3 is 2.33 bits per heavy atom. The molecule has 0 fully saturated rings. The molecule has 0 saturated heterocycles. The van der Waals surface area contributed by atoms with E-state index in [1.54, 1.807) is 13.2 Å². The highest BCUT2D eigenvalue weighted by Crippen LogP contribution is 2.17. The van der Waals surface area contributed by atoms with E-state index in [0.29, 0.717) is 11.3 Å². The van der Waals surface area contributed by atoms with Crippen molar-refractivity contribution in [2.24, 2.45) is 5.10 Å². The molecule has 2 aromatic rings. The Hall–Kier alpha value is -2.62. The number of nitrogens with zero attached hydrogens (tertiary/aromatic N) is 1. The molecule has 21 heavy (non-hydrogen) atoms. The Labute approximate surface area is 124 Å². The summed E-state index contributed by atoms with van der Waals surface area (Å²) in [6, 6.07) is 15.0. The highest BCUT2D eigenvalue weighted by molar-refractivity contribution is 6.02. The number of amides is 1. The van der Waals surface area contributed by atoms with Crippen molar-refractivity contribution in [3.63, 3.8) is 0 Å². The minimum Gasteiger partial charge on any atom is -0.496 e. The van der Waals surface area contributed by atoms with Gasteiger partial charge in [-0.3, -0.25) is 4.79 Å². The standard InChI is InChI=1S/C17H18N2O2/c1-12-8-4-5-9-14(12)17(20)19-18-13(2)15-10-6-7-11-16(15)21-3/h4-11H,1-3H3,(H,19,20)/b18-13-. The summed E-state index contributed by atoms with van der Waals surface area (Å²) in [5.74, 6) is 0.506. The largest absolute Gasteiger partial charge is 0.496 e. The van der Waals surface area contributed by atoms with Gasteiger partial charge >= 0.3 is 0 Å². The predicted octanol–water partition coefficient (Wildman–Crippen LogP) is 3.16. The SMILES string of the molecule is COc1ccccc1/C(C)=N\NC(=O)c1ccccc1C. The number of hydrogen-bond donors (Lipinski definition) is 1. The number of carbonyl (C=O) groups is 1. The molecule has 0 aromatic heterocycles. The zero-order chi connectivity index (χ0) is 15.2. The fourth-order valence-corrected chi connectivity index (χ4v) is 2.03. The van der Waals surface area contributed by atoms with Crippen molar-refractivity contribution < 1.29 is 9.53 Å². The highest BCUT2D eigenvalue weighted by Gasteiger charge is 2.09. The number of ether oxygens (including phenoxy) is 1. The second-order valence-electron chi connectivity index (χ2n) is 4.65. The van der Waals surface area contributed by atoms with Crippen molar-refractivity contribution in [1.29, 1.82) is 0 Å². The zero-order valence-electron chi connectivity index (χ0n) is 12.4. The van der Waals surface area contributed by atoms with Crippen LogP contribution in [0.5, 0.6) is 5.75 Å². The topological polar surface area (TPSA) is 50.7 Å². The summed E-state index contributed by atoms with van der Waals surface area (Å²) in [4.78, 5) is 12.1. The van der Waals surface area contributed by atoms with E-state index >= 15 is 0 Å². The zero-order valence-corrected chi connectivity index (χ0v) is 12.4. The summed E-state index contributed by atoms with van der Waals surface area (Å²) < 4.78 is 5.28. The number of rotatable bonds is 4. The molecule has 0 aliphatic carbocycles. The summed E-state index contributed by atoms with van der Waals surface area (Å²) in [7, 11) is 1.61. The third-order valence-corrected chi connectivity index (χ3v) is 3.21. The van der Waals surface area contributed by atoms with E-state index in [9.17, 15) is 4.79 Å². The van der Waals surface area contributed by atoms with Crippen LogP contribution in [0.15, 0.2) is 53.6 Å². The first-order valence-corrected chi connectivity index (χ1v) is 6.67. The molecule has 4 heteroatoms. The smallest absolute Gasteiger partial charge is 0.271 e. The van der Waals surface area contributed by atoms with Crippen molar-refractivity contribution in [2.45, 2.75) is 13.8 Å². The monoisotopic (exact) mass is 282 g/mol. The quantitative estimate of drug-likeness (QED) is 0.691. The first kappa shape index (κ1) is 14.8. The Balaban J connectivity index is 2.17. The fraction of sp³-hybridized carbons (Fsp3) is 0.176. The van der Waals surface area contributed by atoms with Crippen LogP contribution in [0.25, 0.3) is 0 Å². The molecule has 0 saturated carbocycles. The molecule has 0 spiro atoms. The van der Waals surface area contributed by atoms with Gasteiger partial charge in [0.1, 0.15) is 5.75 Å². The van der Waals surface area contributed by atoms with Gasteiger partial charge in [0.05, 0.1) is 12.8 Å². The van der Waals surface area contributed by atoms with Gasteiger partial charge in [0.25, 0.3) is 5.91 Å². The number of aryl methyl sites for hydroxylation is 1. The Kier molecular flexibility index (Phi) is 4.72. The number of hydrogen-bond acceptors (Lipinski definition) is 3. The van der Waals surface area contributed by atoms with Crippen molar-refractivity contribution in [1.82, 2.24) is 5.43 Å². The van der Waals surface area contributed by atoms with Gasteiger partial charge < -0.3 is 4.74 Å². The minimum atomic E-state index is -0.220. The van der Waals surface area contributed by atoms with Crippen molar-refractivity contribution in [2.75, 3.05) is 7.11 Å². The maximum atomic E-state index is 12.1. The van der Waals surface area contributed by atoms with Crippen LogP contribution in [-0.2, 0) is 0 Å². The molecule has 2 rings (SSSR count). The van der Waals surface area contributed by atoms with E-state index < -0.39 is 0 Å². The highest BCUT2D eigenvalue weighted by atomic mass is 16.5. The average molecular weight is 282 g/mol. The van der Waals surface area contributed by atoms with Crippen LogP contribution in [0.4, 0.5) is 0 Å². The van der Waals surface area contributed by atoms with Gasteiger partial charge in [0.2, 0.25) is 0 Å². The van der Waals surface area contributed by atoms with E-state index in [-0.39, 0.29) is 5.91 Å². The maximum absolute atomic E-state index is 12.1. The number of methoxy groups -OCH3 is 1. The van der Waals surface area contributed by atoms with Gasteiger partial charge in [-0.05, 0) is 37.6 Å². The van der Waals surface area contributed by atoms with Crippen LogP contribution in [0.3, 0.4) is 0 Å². The van der Waals surface area contributed by atoms with E-state index in [4.69, 9.17) is 4.74 Å². The number of para-hydroxylation sites is 1. The first-order chi connectivity index (χ1) is 10.1. The molecular formula is C17H18N2O2. The normalized spacial score (nSPS) is 11.1. The van der Waals surface area contributed by atoms with Crippen LogP contribution >= 0.6 is 0 Å². The van der Waals surface area contributed by atoms with Crippen molar-refractivity contribution in [3.8, 4) is 5.75 Å². The molecule has 0 aliphatic heterocycles. The molecule has 1 amide bonds. The molecule has 108 valence electrons. The number of carbonyl (C=O) groups excluding carboxylic acids is 1. The van der Waals surface area contributed by atoms with Gasteiger partial charge in [-0.2, -0.15) is 5.10 Å². The summed E-state index contributed by atoms with van der Waals surface area (Å²) in [5.41, 5.74) is 5.66. The van der Waals surface area contributed by atoms with Crippen molar-refractivity contribution in [3.05, 3.63) is 65.2 Å². The molecule has 0 atom stereocenters. The molecule has 0 unspecified atom stereocenters. The van der Waals surface area contributed by atoms with Crippen LogP contribution in [-0.4, -0.2) is 18.7 Å². The van der Waals surface area contributed by atoms with Gasteiger partial charge in [0.15, 0.2) is 0 Å². The van der Waals surface area contributed by atoms with Gasteiger partial charge in [-0.15, -0.1) is 0 Å². The molecular weight excluding hydrogens is 264 g/mol. The van der Waals surface area contributed by atoms with Crippen LogP contribution in [0.1, 0.15) is 28.4 Å². The summed E-state index contributed by atoms with van der Waals surface area (Å²) in [5, 5.41) is 4.16. The number of benzene rings is 2. The van der Waals surface area contributed by atoms with E-state index in [1.807, 2.05) is 56.3 Å². The lowest BCUT2D eigenvalue weighted by Crippen LogP contribution is -2.20. The molecule has 0 bridgehead atoms. The fourth-order valence-electron chi connectivity index (χ4n) is 2.03. The summed E-state index contributed by atoms with van der Waals surface area (Å²) in [6.07, 6.45) is 0. The molecule has 1 N–H and O–H groups in total. The third-order valence-electron chi connectivity index (χ3n) is 3.21. The van der Waals surface area contributed by atoms with Gasteiger partial charge in [-0.25, -0.2) is 5.43 Å². The van der Waals surface area contributed by atoms with Gasteiger partial charge in [-0.1, -0.05) is 30.3 Å². The lowest BCUT2D eigenvalue weighted by atomic mass is 10.1. The molecule has 0 aliphatic rings. The van der Waals surface area contributed by atoms with E-state index in [1.165, 1.54) is 0 Å². The molecule has 2 aromatic carbocycles.